The average Bonchev–Trinajstić information content (AvgIpc) is 3.03. The summed E-state index contributed by atoms with van der Waals surface area (Å²) in [6.07, 6.45) is -1.45. The molecule has 5 nitrogen and oxygen atoms in total. The highest BCUT2D eigenvalue weighted by molar-refractivity contribution is 9.11. The lowest BCUT2D eigenvalue weighted by Crippen LogP contribution is -2.23. The van der Waals surface area contributed by atoms with Gasteiger partial charge in [0.15, 0.2) is 4.96 Å². The second-order valence-electron chi connectivity index (χ2n) is 4.85. The van der Waals surface area contributed by atoms with Crippen LogP contribution in [-0.2, 0) is 6.54 Å². The Bertz CT molecular complexity index is 910. The molecule has 0 fully saturated rings. The van der Waals surface area contributed by atoms with E-state index in [2.05, 4.69) is 31.0 Å². The standard InChI is InChI=1S/C14H8BrClF3N3O2S/c15-11-6-22-5-9(21-13(22)25-11)12(23)20-4-7-1-2-10(8(16)3-7)24-14(17,18)19/h1-3,5-6H,4H2,(H,20,23). The fourth-order valence-corrected chi connectivity index (χ4v) is 3.60. The lowest BCUT2D eigenvalue weighted by molar-refractivity contribution is -0.274. The van der Waals surface area contributed by atoms with E-state index in [-0.39, 0.29) is 17.3 Å². The predicted octanol–water partition coefficient (Wildman–Crippen LogP) is 4.64. The number of amides is 1. The van der Waals surface area contributed by atoms with E-state index >= 15 is 0 Å². The second-order valence-corrected chi connectivity index (χ2v) is 7.64. The van der Waals surface area contributed by atoms with Crippen LogP contribution < -0.4 is 10.1 Å². The highest BCUT2D eigenvalue weighted by Gasteiger charge is 2.32. The Morgan fingerprint density at radius 3 is 2.80 bits per heavy atom. The summed E-state index contributed by atoms with van der Waals surface area (Å²) in [4.78, 5) is 17.0. The maximum absolute atomic E-state index is 12.2. The normalized spacial score (nSPS) is 11.7. The Morgan fingerprint density at radius 2 is 2.16 bits per heavy atom. The molecule has 1 amide bonds. The molecule has 0 radical (unpaired) electrons. The van der Waals surface area contributed by atoms with Gasteiger partial charge in [0.2, 0.25) is 0 Å². The number of imidazole rings is 1. The smallest absolute Gasteiger partial charge is 0.404 e. The van der Waals surface area contributed by atoms with Gasteiger partial charge in [-0.2, -0.15) is 0 Å². The first-order chi connectivity index (χ1) is 11.7. The number of thiazole rings is 1. The number of alkyl halides is 3. The Kier molecular flexibility index (Phi) is 4.94. The molecule has 0 spiro atoms. The molecule has 0 aliphatic heterocycles. The number of carbonyl (C=O) groups is 1. The van der Waals surface area contributed by atoms with Gasteiger partial charge in [0.25, 0.3) is 5.91 Å². The Labute approximate surface area is 156 Å². The van der Waals surface area contributed by atoms with Crippen molar-refractivity contribution in [2.75, 3.05) is 0 Å². The number of carbonyl (C=O) groups excluding carboxylic acids is 1. The van der Waals surface area contributed by atoms with Crippen LogP contribution >= 0.6 is 38.9 Å². The summed E-state index contributed by atoms with van der Waals surface area (Å²) in [6, 6.07) is 3.78. The number of nitrogens with one attached hydrogen (secondary N) is 1. The van der Waals surface area contributed by atoms with Gasteiger partial charge in [0.1, 0.15) is 11.4 Å². The van der Waals surface area contributed by atoms with Crippen molar-refractivity contribution in [2.45, 2.75) is 12.9 Å². The summed E-state index contributed by atoms with van der Waals surface area (Å²) < 4.78 is 43.0. The predicted molar refractivity (Wildman–Crippen MR) is 90.1 cm³/mol. The lowest BCUT2D eigenvalue weighted by atomic mass is 10.2. The molecule has 0 unspecified atom stereocenters. The SMILES string of the molecule is O=C(NCc1ccc(OC(F)(F)F)c(Cl)c1)c1cn2cc(Br)sc2n1. The van der Waals surface area contributed by atoms with Crippen molar-refractivity contribution in [2.24, 2.45) is 0 Å². The molecule has 1 N–H and O–H groups in total. The summed E-state index contributed by atoms with van der Waals surface area (Å²) in [7, 11) is 0. The molecule has 2 aromatic heterocycles. The third-order valence-electron chi connectivity index (χ3n) is 3.04. The van der Waals surface area contributed by atoms with E-state index in [9.17, 15) is 18.0 Å². The van der Waals surface area contributed by atoms with Gasteiger partial charge >= 0.3 is 6.36 Å². The number of ether oxygens (including phenoxy) is 1. The first kappa shape index (κ1) is 18.0. The van der Waals surface area contributed by atoms with Crippen molar-refractivity contribution in [1.82, 2.24) is 14.7 Å². The molecule has 132 valence electrons. The molecule has 0 aliphatic carbocycles. The molecule has 25 heavy (non-hydrogen) atoms. The molecule has 11 heteroatoms. The highest BCUT2D eigenvalue weighted by atomic mass is 79.9. The van der Waals surface area contributed by atoms with Gasteiger partial charge in [0.05, 0.1) is 8.81 Å². The second kappa shape index (κ2) is 6.85. The van der Waals surface area contributed by atoms with Crippen LogP contribution in [0.1, 0.15) is 16.1 Å². The van der Waals surface area contributed by atoms with Crippen molar-refractivity contribution < 1.29 is 22.7 Å². The first-order valence-electron chi connectivity index (χ1n) is 6.68. The molecule has 3 rings (SSSR count). The fraction of sp³-hybridized carbons (Fsp3) is 0.143. The summed E-state index contributed by atoms with van der Waals surface area (Å²) in [5.41, 5.74) is 0.763. The van der Waals surface area contributed by atoms with Crippen LogP contribution in [0.5, 0.6) is 5.75 Å². The van der Waals surface area contributed by atoms with Crippen LogP contribution in [0.4, 0.5) is 13.2 Å². The molecule has 0 saturated heterocycles. The van der Waals surface area contributed by atoms with Crippen LogP contribution in [0.25, 0.3) is 4.96 Å². The number of halogens is 5. The third kappa shape index (κ3) is 4.44. The minimum absolute atomic E-state index is 0.0831. The largest absolute Gasteiger partial charge is 0.573 e. The molecule has 0 atom stereocenters. The lowest BCUT2D eigenvalue weighted by Gasteiger charge is -2.11. The van der Waals surface area contributed by atoms with E-state index in [4.69, 9.17) is 11.6 Å². The van der Waals surface area contributed by atoms with Gasteiger partial charge in [-0.05, 0) is 33.6 Å². The van der Waals surface area contributed by atoms with Crippen LogP contribution in [0.3, 0.4) is 0 Å². The van der Waals surface area contributed by atoms with Crippen LogP contribution in [-0.4, -0.2) is 21.7 Å². The average molecular weight is 455 g/mol. The van der Waals surface area contributed by atoms with Crippen molar-refractivity contribution in [1.29, 1.82) is 0 Å². The molecular formula is C14H8BrClF3N3O2S. The molecule has 3 aromatic rings. The van der Waals surface area contributed by atoms with Crippen molar-refractivity contribution in [3.8, 4) is 5.75 Å². The van der Waals surface area contributed by atoms with E-state index < -0.39 is 18.0 Å². The number of nitrogens with zero attached hydrogens (tertiary/aromatic N) is 2. The van der Waals surface area contributed by atoms with E-state index in [0.717, 1.165) is 9.85 Å². The number of fused-ring (bicyclic) bond motifs is 1. The van der Waals surface area contributed by atoms with Gasteiger partial charge < -0.3 is 10.1 Å². The zero-order chi connectivity index (χ0) is 18.2. The maximum Gasteiger partial charge on any atom is 0.573 e. The monoisotopic (exact) mass is 453 g/mol. The van der Waals surface area contributed by atoms with Gasteiger partial charge in [-0.25, -0.2) is 4.98 Å². The summed E-state index contributed by atoms with van der Waals surface area (Å²) in [6.45, 7) is 0.0831. The van der Waals surface area contributed by atoms with Crippen LogP contribution in [0, 0.1) is 0 Å². The number of hydrogen-bond acceptors (Lipinski definition) is 4. The van der Waals surface area contributed by atoms with E-state index in [0.29, 0.717) is 10.5 Å². The molecule has 0 bridgehead atoms. The summed E-state index contributed by atoms with van der Waals surface area (Å²) >= 11 is 10.5. The number of benzene rings is 1. The Hall–Kier alpha value is -1.78. The molecule has 1 aromatic carbocycles. The summed E-state index contributed by atoms with van der Waals surface area (Å²) in [5, 5.41) is 2.43. The number of hydrogen-bond donors (Lipinski definition) is 1. The fourth-order valence-electron chi connectivity index (χ4n) is 2.01. The van der Waals surface area contributed by atoms with Crippen LogP contribution in [0.2, 0.25) is 5.02 Å². The van der Waals surface area contributed by atoms with Gasteiger partial charge in [0, 0.05) is 18.9 Å². The van der Waals surface area contributed by atoms with Crippen molar-refractivity contribution in [3.05, 3.63) is 50.7 Å². The minimum atomic E-state index is -4.82. The topological polar surface area (TPSA) is 55.6 Å². The minimum Gasteiger partial charge on any atom is -0.404 e. The van der Waals surface area contributed by atoms with Crippen LogP contribution in [0.15, 0.2) is 34.4 Å². The first-order valence-corrected chi connectivity index (χ1v) is 8.66. The zero-order valence-electron chi connectivity index (χ0n) is 12.1. The van der Waals surface area contributed by atoms with Gasteiger partial charge in [-0.3, -0.25) is 9.20 Å². The quantitative estimate of drug-likeness (QED) is 0.625. The molecule has 0 saturated carbocycles. The molecule has 0 aliphatic rings. The van der Waals surface area contributed by atoms with E-state index in [1.54, 1.807) is 16.8 Å². The third-order valence-corrected chi connectivity index (χ3v) is 4.81. The molecule has 2 heterocycles. The summed E-state index contributed by atoms with van der Waals surface area (Å²) in [5.74, 6) is -0.900. The van der Waals surface area contributed by atoms with Crippen molar-refractivity contribution >= 4 is 49.7 Å². The van der Waals surface area contributed by atoms with Gasteiger partial charge in [-0.1, -0.05) is 29.0 Å². The van der Waals surface area contributed by atoms with E-state index in [1.807, 2.05) is 0 Å². The molecular weight excluding hydrogens is 447 g/mol. The number of aromatic nitrogens is 2. The van der Waals surface area contributed by atoms with E-state index in [1.165, 1.54) is 23.5 Å². The highest BCUT2D eigenvalue weighted by Crippen LogP contribution is 2.30. The van der Waals surface area contributed by atoms with Crippen molar-refractivity contribution in [3.63, 3.8) is 0 Å². The Balaban J connectivity index is 1.65. The maximum atomic E-state index is 12.2. The Morgan fingerprint density at radius 1 is 1.40 bits per heavy atom. The van der Waals surface area contributed by atoms with Gasteiger partial charge in [-0.15, -0.1) is 13.2 Å². The number of rotatable bonds is 4. The zero-order valence-corrected chi connectivity index (χ0v) is 15.3.